The lowest BCUT2D eigenvalue weighted by Gasteiger charge is -2.30. The fourth-order valence-electron chi connectivity index (χ4n) is 1.79. The maximum atomic E-state index is 11.2. The van der Waals surface area contributed by atoms with Crippen LogP contribution in [0.5, 0.6) is 5.75 Å². The fourth-order valence-corrected chi connectivity index (χ4v) is 1.79. The zero-order chi connectivity index (χ0) is 10.8. The summed E-state index contributed by atoms with van der Waals surface area (Å²) in [6.07, 6.45) is 0. The molecular formula is C11H14N2O2. The van der Waals surface area contributed by atoms with Crippen molar-refractivity contribution < 1.29 is 9.90 Å². The molecule has 2 amide bonds. The summed E-state index contributed by atoms with van der Waals surface area (Å²) in [5.41, 5.74) is 1.14. The maximum absolute atomic E-state index is 11.2. The molecule has 80 valence electrons. The van der Waals surface area contributed by atoms with E-state index in [9.17, 15) is 4.79 Å². The van der Waals surface area contributed by atoms with Crippen molar-refractivity contribution in [1.29, 1.82) is 0 Å². The number of nitrogens with one attached hydrogen (secondary N) is 1. The standard InChI is InChI=1S/C11H14N2O2/c1-13-7-9(6-12-11(13)15)8-2-4-10(14)5-3-8/h2-5,9,14H,6-7H2,1H3,(H,12,15). The summed E-state index contributed by atoms with van der Waals surface area (Å²) in [7, 11) is 1.78. The minimum atomic E-state index is -0.0231. The van der Waals surface area contributed by atoms with E-state index < -0.39 is 0 Å². The second-order valence-electron chi connectivity index (χ2n) is 3.86. The number of rotatable bonds is 1. The average Bonchev–Trinajstić information content (AvgIpc) is 2.23. The zero-order valence-corrected chi connectivity index (χ0v) is 8.60. The molecule has 2 rings (SSSR count). The molecule has 1 aromatic rings. The Kier molecular flexibility index (Phi) is 2.49. The summed E-state index contributed by atoms with van der Waals surface area (Å²) in [6, 6.07) is 7.11. The van der Waals surface area contributed by atoms with Crippen LogP contribution in [0.4, 0.5) is 4.79 Å². The Balaban J connectivity index is 2.12. The molecule has 1 aliphatic heterocycles. The van der Waals surface area contributed by atoms with Gasteiger partial charge < -0.3 is 15.3 Å². The van der Waals surface area contributed by atoms with Crippen molar-refractivity contribution >= 4 is 6.03 Å². The number of nitrogens with zero attached hydrogens (tertiary/aromatic N) is 1. The summed E-state index contributed by atoms with van der Waals surface area (Å²) in [6.45, 7) is 1.38. The van der Waals surface area contributed by atoms with Gasteiger partial charge in [0.05, 0.1) is 0 Å². The molecule has 1 aromatic carbocycles. The molecule has 1 fully saturated rings. The number of hydrogen-bond acceptors (Lipinski definition) is 2. The third-order valence-corrected chi connectivity index (χ3v) is 2.71. The number of hydrogen-bond donors (Lipinski definition) is 2. The molecule has 15 heavy (non-hydrogen) atoms. The van der Waals surface area contributed by atoms with Crippen molar-refractivity contribution in [3.8, 4) is 5.75 Å². The van der Waals surface area contributed by atoms with Crippen LogP contribution in [0.25, 0.3) is 0 Å². The van der Waals surface area contributed by atoms with Crippen LogP contribution in [0.2, 0.25) is 0 Å². The monoisotopic (exact) mass is 206 g/mol. The van der Waals surface area contributed by atoms with Gasteiger partial charge in [0.15, 0.2) is 0 Å². The first-order valence-corrected chi connectivity index (χ1v) is 4.94. The number of carbonyl (C=O) groups excluding carboxylic acids is 1. The SMILES string of the molecule is CN1CC(c2ccc(O)cc2)CNC1=O. The van der Waals surface area contributed by atoms with Crippen molar-refractivity contribution in [2.75, 3.05) is 20.1 Å². The van der Waals surface area contributed by atoms with Gasteiger partial charge in [0.2, 0.25) is 0 Å². The number of aromatic hydroxyl groups is 1. The Labute approximate surface area is 88.5 Å². The Morgan fingerprint density at radius 2 is 2.07 bits per heavy atom. The highest BCUT2D eigenvalue weighted by molar-refractivity contribution is 5.74. The van der Waals surface area contributed by atoms with Gasteiger partial charge in [0, 0.05) is 26.1 Å². The quantitative estimate of drug-likeness (QED) is 0.723. The topological polar surface area (TPSA) is 52.6 Å². The van der Waals surface area contributed by atoms with E-state index >= 15 is 0 Å². The maximum Gasteiger partial charge on any atom is 0.317 e. The predicted octanol–water partition coefficient (Wildman–Crippen LogP) is 1.13. The highest BCUT2D eigenvalue weighted by Crippen LogP contribution is 2.21. The number of phenols is 1. The van der Waals surface area contributed by atoms with Crippen LogP contribution in [0.15, 0.2) is 24.3 Å². The summed E-state index contributed by atoms with van der Waals surface area (Å²) >= 11 is 0. The van der Waals surface area contributed by atoms with Gasteiger partial charge in [-0.25, -0.2) is 4.79 Å². The molecule has 4 nitrogen and oxygen atoms in total. The van der Waals surface area contributed by atoms with Crippen LogP contribution in [-0.2, 0) is 0 Å². The first kappa shape index (κ1) is 9.83. The second-order valence-corrected chi connectivity index (χ2v) is 3.86. The van der Waals surface area contributed by atoms with Gasteiger partial charge in [0.1, 0.15) is 5.75 Å². The molecule has 0 radical (unpaired) electrons. The lowest BCUT2D eigenvalue weighted by molar-refractivity contribution is 0.193. The fraction of sp³-hybridized carbons (Fsp3) is 0.364. The number of urea groups is 1. The average molecular weight is 206 g/mol. The third kappa shape index (κ3) is 2.03. The summed E-state index contributed by atoms with van der Waals surface area (Å²) in [5, 5.41) is 12.0. The van der Waals surface area contributed by atoms with Gasteiger partial charge in [0.25, 0.3) is 0 Å². The van der Waals surface area contributed by atoms with Gasteiger partial charge in [-0.2, -0.15) is 0 Å². The van der Waals surface area contributed by atoms with Crippen molar-refractivity contribution in [2.24, 2.45) is 0 Å². The normalized spacial score (nSPS) is 21.3. The summed E-state index contributed by atoms with van der Waals surface area (Å²) in [5.74, 6) is 0.570. The first-order chi connectivity index (χ1) is 7.16. The van der Waals surface area contributed by atoms with E-state index in [-0.39, 0.29) is 11.8 Å². The molecule has 1 aliphatic rings. The van der Waals surface area contributed by atoms with E-state index in [0.29, 0.717) is 12.5 Å². The van der Waals surface area contributed by atoms with Gasteiger partial charge in [-0.1, -0.05) is 12.1 Å². The number of likely N-dealkylation sites (N-methyl/N-ethyl adjacent to an activating group) is 1. The summed E-state index contributed by atoms with van der Waals surface area (Å²) < 4.78 is 0. The Morgan fingerprint density at radius 3 is 2.67 bits per heavy atom. The van der Waals surface area contributed by atoms with Crippen LogP contribution < -0.4 is 5.32 Å². The van der Waals surface area contributed by atoms with Gasteiger partial charge in [-0.15, -0.1) is 0 Å². The van der Waals surface area contributed by atoms with Crippen molar-refractivity contribution in [1.82, 2.24) is 10.2 Å². The molecule has 4 heteroatoms. The lowest BCUT2D eigenvalue weighted by atomic mass is 9.97. The number of carbonyl (C=O) groups is 1. The number of benzene rings is 1. The van der Waals surface area contributed by atoms with Crippen molar-refractivity contribution in [2.45, 2.75) is 5.92 Å². The smallest absolute Gasteiger partial charge is 0.317 e. The number of phenolic OH excluding ortho intramolecular Hbond substituents is 1. The number of amides is 2. The van der Waals surface area contributed by atoms with E-state index in [0.717, 1.165) is 12.1 Å². The first-order valence-electron chi connectivity index (χ1n) is 4.94. The largest absolute Gasteiger partial charge is 0.508 e. The highest BCUT2D eigenvalue weighted by Gasteiger charge is 2.23. The highest BCUT2D eigenvalue weighted by atomic mass is 16.3. The van der Waals surface area contributed by atoms with Gasteiger partial charge in [-0.05, 0) is 17.7 Å². The van der Waals surface area contributed by atoms with Crippen molar-refractivity contribution in [3.63, 3.8) is 0 Å². The Bertz CT molecular complexity index is 361. The van der Waals surface area contributed by atoms with E-state index in [1.165, 1.54) is 0 Å². The lowest BCUT2D eigenvalue weighted by Crippen LogP contribution is -2.48. The van der Waals surface area contributed by atoms with Crippen LogP contribution >= 0.6 is 0 Å². The Hall–Kier alpha value is -1.71. The van der Waals surface area contributed by atoms with Crippen LogP contribution in [0.1, 0.15) is 11.5 Å². The summed E-state index contributed by atoms with van der Waals surface area (Å²) in [4.78, 5) is 12.9. The van der Waals surface area contributed by atoms with Crippen molar-refractivity contribution in [3.05, 3.63) is 29.8 Å². The van der Waals surface area contributed by atoms with Crippen LogP contribution in [0, 0.1) is 0 Å². The molecule has 0 spiro atoms. The van der Waals surface area contributed by atoms with Gasteiger partial charge in [-0.3, -0.25) is 0 Å². The molecule has 1 unspecified atom stereocenters. The molecule has 1 saturated heterocycles. The Morgan fingerprint density at radius 1 is 1.40 bits per heavy atom. The van der Waals surface area contributed by atoms with Crippen LogP contribution in [0.3, 0.4) is 0 Å². The van der Waals surface area contributed by atoms with E-state index in [1.54, 1.807) is 24.1 Å². The van der Waals surface area contributed by atoms with Gasteiger partial charge >= 0.3 is 6.03 Å². The molecule has 1 atom stereocenters. The van der Waals surface area contributed by atoms with E-state index in [4.69, 9.17) is 5.11 Å². The molecule has 2 N–H and O–H groups in total. The molecule has 0 saturated carbocycles. The third-order valence-electron chi connectivity index (χ3n) is 2.71. The zero-order valence-electron chi connectivity index (χ0n) is 8.60. The molecular weight excluding hydrogens is 192 g/mol. The predicted molar refractivity (Wildman–Crippen MR) is 56.9 cm³/mol. The minimum absolute atomic E-state index is 0.0231. The van der Waals surface area contributed by atoms with E-state index in [1.807, 2.05) is 12.1 Å². The molecule has 0 aromatic heterocycles. The molecule has 0 bridgehead atoms. The minimum Gasteiger partial charge on any atom is -0.508 e. The van der Waals surface area contributed by atoms with Crippen LogP contribution in [-0.4, -0.2) is 36.2 Å². The molecule has 1 heterocycles. The second kappa shape index (κ2) is 3.81. The van der Waals surface area contributed by atoms with E-state index in [2.05, 4.69) is 5.32 Å². The molecule has 0 aliphatic carbocycles.